The van der Waals surface area contributed by atoms with E-state index in [0.717, 1.165) is 0 Å². The minimum atomic E-state index is -3.50. The van der Waals surface area contributed by atoms with Gasteiger partial charge in [0.2, 0.25) is 0 Å². The quantitative estimate of drug-likeness (QED) is 0.868. The fraction of sp³-hybridized carbons (Fsp3) is 0.273. The molecule has 1 N–H and O–H groups in total. The number of carbonyl (C=O) groups excluding carboxylic acids is 1. The van der Waals surface area contributed by atoms with Crippen LogP contribution in [0.1, 0.15) is 6.42 Å². The van der Waals surface area contributed by atoms with Crippen molar-refractivity contribution in [1.82, 2.24) is 0 Å². The van der Waals surface area contributed by atoms with Crippen LogP contribution in [0.15, 0.2) is 23.1 Å². The number of anilines is 1. The number of nitriles is 1. The van der Waals surface area contributed by atoms with Gasteiger partial charge >= 0.3 is 0 Å². The first kappa shape index (κ1) is 12.4. The molecule has 0 saturated carbocycles. The van der Waals surface area contributed by atoms with Gasteiger partial charge in [-0.15, -0.1) is 0 Å². The van der Waals surface area contributed by atoms with Crippen LogP contribution in [0.4, 0.5) is 5.69 Å². The van der Waals surface area contributed by atoms with Crippen molar-refractivity contribution in [2.24, 2.45) is 0 Å². The van der Waals surface area contributed by atoms with Gasteiger partial charge in [0, 0.05) is 6.42 Å². The van der Waals surface area contributed by atoms with Gasteiger partial charge in [0.1, 0.15) is 5.75 Å². The molecule has 0 aromatic heterocycles. The molecule has 1 aromatic carbocycles. The highest BCUT2D eigenvalue weighted by Crippen LogP contribution is 2.30. The van der Waals surface area contributed by atoms with Crippen LogP contribution in [0.25, 0.3) is 0 Å². The molecule has 2 rings (SSSR count). The Morgan fingerprint density at radius 1 is 1.44 bits per heavy atom. The molecule has 1 aliphatic rings. The molecule has 6 nitrogen and oxygen atoms in total. The van der Waals surface area contributed by atoms with Gasteiger partial charge < -0.3 is 10.1 Å². The molecule has 0 radical (unpaired) electrons. The van der Waals surface area contributed by atoms with E-state index in [2.05, 4.69) is 5.32 Å². The Balaban J connectivity index is 2.34. The Morgan fingerprint density at radius 3 is 2.94 bits per heavy atom. The van der Waals surface area contributed by atoms with Gasteiger partial charge in [-0.05, 0) is 18.2 Å². The number of ether oxygens (including phenoxy) is 1. The molecule has 0 saturated heterocycles. The second kappa shape index (κ2) is 4.66. The van der Waals surface area contributed by atoms with E-state index in [4.69, 9.17) is 10.00 Å². The first-order valence-electron chi connectivity index (χ1n) is 5.19. The van der Waals surface area contributed by atoms with Gasteiger partial charge in [0.15, 0.2) is 16.4 Å². The normalized spacial score (nSPS) is 14.1. The second-order valence-electron chi connectivity index (χ2n) is 3.72. The molecule has 0 bridgehead atoms. The summed E-state index contributed by atoms with van der Waals surface area (Å²) in [5.74, 6) is -0.125. The van der Waals surface area contributed by atoms with Crippen molar-refractivity contribution in [2.45, 2.75) is 11.3 Å². The van der Waals surface area contributed by atoms with Gasteiger partial charge in [0.05, 0.1) is 22.4 Å². The van der Waals surface area contributed by atoms with Crippen molar-refractivity contribution in [3.05, 3.63) is 18.2 Å². The van der Waals surface area contributed by atoms with E-state index in [-0.39, 0.29) is 29.6 Å². The van der Waals surface area contributed by atoms with Gasteiger partial charge in [-0.25, -0.2) is 8.42 Å². The zero-order valence-corrected chi connectivity index (χ0v) is 10.2. The van der Waals surface area contributed by atoms with E-state index < -0.39 is 9.84 Å². The third-order valence-electron chi connectivity index (χ3n) is 2.43. The molecule has 7 heteroatoms. The summed E-state index contributed by atoms with van der Waals surface area (Å²) in [6.45, 7) is -0.0759. The maximum atomic E-state index is 11.9. The molecule has 94 valence electrons. The molecule has 18 heavy (non-hydrogen) atoms. The first-order chi connectivity index (χ1) is 8.53. The van der Waals surface area contributed by atoms with Crippen molar-refractivity contribution in [3.8, 4) is 11.8 Å². The highest BCUT2D eigenvalue weighted by Gasteiger charge is 2.20. The van der Waals surface area contributed by atoms with E-state index in [0.29, 0.717) is 11.4 Å². The number of hydrogen-bond acceptors (Lipinski definition) is 5. The number of nitrogens with one attached hydrogen (secondary N) is 1. The fourth-order valence-corrected chi connectivity index (χ4v) is 2.72. The number of carbonyl (C=O) groups is 1. The average Bonchev–Trinajstić information content (AvgIpc) is 2.35. The summed E-state index contributed by atoms with van der Waals surface area (Å²) in [5, 5.41) is 10.9. The summed E-state index contributed by atoms with van der Waals surface area (Å²) in [5.41, 5.74) is 0.337. The first-order valence-corrected chi connectivity index (χ1v) is 6.84. The van der Waals surface area contributed by atoms with Crippen LogP contribution in [0.3, 0.4) is 0 Å². The number of fused-ring (bicyclic) bond motifs is 1. The zero-order valence-electron chi connectivity index (χ0n) is 9.34. The van der Waals surface area contributed by atoms with Crippen LogP contribution in [0, 0.1) is 11.3 Å². The standard InChI is InChI=1S/C11H10N2O4S/c12-4-1-5-18(15,16)8-2-3-10-9(6-8)13-11(14)7-17-10/h2-3,6H,1,5,7H2,(H,13,14). The van der Waals surface area contributed by atoms with E-state index in [1.165, 1.54) is 18.2 Å². The minimum Gasteiger partial charge on any atom is -0.482 e. The van der Waals surface area contributed by atoms with Gasteiger partial charge in [0.25, 0.3) is 5.91 Å². The Morgan fingerprint density at radius 2 is 2.22 bits per heavy atom. The molecular weight excluding hydrogens is 256 g/mol. The summed E-state index contributed by atoms with van der Waals surface area (Å²) in [6.07, 6.45) is -0.0672. The Hall–Kier alpha value is -2.07. The maximum absolute atomic E-state index is 11.9. The topological polar surface area (TPSA) is 96.3 Å². The van der Waals surface area contributed by atoms with Gasteiger partial charge in [-0.3, -0.25) is 4.79 Å². The molecule has 1 amide bonds. The second-order valence-corrected chi connectivity index (χ2v) is 5.83. The van der Waals surface area contributed by atoms with Crippen molar-refractivity contribution in [1.29, 1.82) is 5.26 Å². The lowest BCUT2D eigenvalue weighted by Crippen LogP contribution is -2.25. The SMILES string of the molecule is N#CCCS(=O)(=O)c1ccc2c(c1)NC(=O)CO2. The highest BCUT2D eigenvalue weighted by atomic mass is 32.2. The predicted octanol–water partition coefficient (Wildman–Crippen LogP) is 0.705. The summed E-state index contributed by atoms with van der Waals surface area (Å²) in [7, 11) is -3.50. The van der Waals surface area contributed by atoms with Crippen LogP contribution >= 0.6 is 0 Å². The van der Waals surface area contributed by atoms with Crippen molar-refractivity contribution >= 4 is 21.4 Å². The fourth-order valence-electron chi connectivity index (χ4n) is 1.55. The average molecular weight is 266 g/mol. The Kier molecular flexibility index (Phi) is 3.21. The van der Waals surface area contributed by atoms with E-state index >= 15 is 0 Å². The number of benzene rings is 1. The number of hydrogen-bond donors (Lipinski definition) is 1. The maximum Gasteiger partial charge on any atom is 0.262 e. The molecule has 0 spiro atoms. The largest absolute Gasteiger partial charge is 0.482 e. The van der Waals surface area contributed by atoms with Crippen LogP contribution in [-0.4, -0.2) is 26.7 Å². The van der Waals surface area contributed by atoms with Gasteiger partial charge in [-0.1, -0.05) is 0 Å². The van der Waals surface area contributed by atoms with Gasteiger partial charge in [-0.2, -0.15) is 5.26 Å². The van der Waals surface area contributed by atoms with Crippen molar-refractivity contribution in [2.75, 3.05) is 17.7 Å². The number of amides is 1. The van der Waals surface area contributed by atoms with E-state index in [1.807, 2.05) is 0 Å². The van der Waals surface area contributed by atoms with Crippen LogP contribution in [0.2, 0.25) is 0 Å². The third kappa shape index (κ3) is 2.43. The zero-order chi connectivity index (χ0) is 13.2. The van der Waals surface area contributed by atoms with E-state index in [1.54, 1.807) is 6.07 Å². The smallest absolute Gasteiger partial charge is 0.262 e. The van der Waals surface area contributed by atoms with Crippen LogP contribution in [0.5, 0.6) is 5.75 Å². The molecule has 1 aromatic rings. The summed E-state index contributed by atoms with van der Waals surface area (Å²) in [4.78, 5) is 11.2. The van der Waals surface area contributed by atoms with Crippen LogP contribution in [-0.2, 0) is 14.6 Å². The molecule has 0 unspecified atom stereocenters. The number of sulfone groups is 1. The van der Waals surface area contributed by atoms with Crippen molar-refractivity contribution in [3.63, 3.8) is 0 Å². The molecular formula is C11H10N2O4S. The summed E-state index contributed by atoms with van der Waals surface area (Å²) < 4.78 is 28.8. The Bertz CT molecular complexity index is 631. The minimum absolute atomic E-state index is 0.0672. The monoisotopic (exact) mass is 266 g/mol. The lowest BCUT2D eigenvalue weighted by molar-refractivity contribution is -0.118. The molecule has 1 heterocycles. The number of rotatable bonds is 3. The van der Waals surface area contributed by atoms with Crippen LogP contribution < -0.4 is 10.1 Å². The lowest BCUT2D eigenvalue weighted by Gasteiger charge is -2.18. The molecule has 0 aliphatic carbocycles. The Labute approximate surface area is 104 Å². The predicted molar refractivity (Wildman–Crippen MR) is 62.8 cm³/mol. The van der Waals surface area contributed by atoms with Crippen molar-refractivity contribution < 1.29 is 17.9 Å². The molecule has 1 aliphatic heterocycles. The summed E-state index contributed by atoms with van der Waals surface area (Å²) in [6, 6.07) is 6.04. The molecule has 0 atom stereocenters. The number of nitrogens with zero attached hydrogens (tertiary/aromatic N) is 1. The highest BCUT2D eigenvalue weighted by molar-refractivity contribution is 7.91. The summed E-state index contributed by atoms with van der Waals surface area (Å²) >= 11 is 0. The molecule has 0 fully saturated rings. The lowest BCUT2D eigenvalue weighted by atomic mass is 10.2. The third-order valence-corrected chi connectivity index (χ3v) is 4.14. The van der Waals surface area contributed by atoms with E-state index in [9.17, 15) is 13.2 Å².